The smallest absolute Gasteiger partial charge is 0.407 e. The van der Waals surface area contributed by atoms with Crippen molar-refractivity contribution in [1.82, 2.24) is 25.8 Å². The molecule has 55 heavy (non-hydrogen) atoms. The number of hydrogen-bond acceptors (Lipinski definition) is 6. The maximum Gasteiger partial charge on any atom is 0.407 e. The SMILES string of the molecule is CC(C(=O)NC(C(=O)N1C[C@@H](NC(=O)OCC2c3ccccc3-c3ccccc32)C[C@H]1C(=O)N[C@@H]1CCCc2ccccc21)C1CCCCC1)N(C)C(=O)O. The number of nitrogens with one attached hydrogen (secondary N) is 3. The Morgan fingerprint density at radius 2 is 1.47 bits per heavy atom. The normalized spacial score (nSPS) is 21.6. The molecule has 3 aromatic rings. The second-order valence-corrected chi connectivity index (χ2v) is 15.5. The molecule has 1 aliphatic heterocycles. The van der Waals surface area contributed by atoms with Crippen molar-refractivity contribution >= 4 is 29.9 Å². The standard InChI is InChI=1S/C43H51N5O7/c1-26(47(2)43(53)54)39(49)46-38(28-14-4-3-5-15-28)41(51)48-24-29(23-37(48)40(50)45-36-22-12-16-27-13-6-7-17-30(27)36)44-42(52)55-25-35-33-20-10-8-18-31(33)32-19-9-11-21-34(32)35/h6-11,13,17-21,26,28-29,35-38H,3-5,12,14-16,22-25H2,1-2H3,(H,44,52)(H,45,50)(H,46,49)(H,53,54)/t26?,29-,36+,37-,38?/m0/s1. The van der Waals surface area contributed by atoms with E-state index in [4.69, 9.17) is 4.74 Å². The number of aryl methyl sites for hydroxylation is 1. The van der Waals surface area contributed by atoms with Crippen LogP contribution in [0.5, 0.6) is 0 Å². The number of benzene rings is 3. The molecule has 3 aliphatic carbocycles. The van der Waals surface area contributed by atoms with Gasteiger partial charge in [0.05, 0.1) is 12.1 Å². The fraction of sp³-hybridized carbons (Fsp3) is 0.465. The van der Waals surface area contributed by atoms with Gasteiger partial charge >= 0.3 is 12.2 Å². The number of carbonyl (C=O) groups is 5. The molecule has 0 spiro atoms. The van der Waals surface area contributed by atoms with E-state index in [0.29, 0.717) is 12.8 Å². The highest BCUT2D eigenvalue weighted by atomic mass is 16.5. The molecule has 290 valence electrons. The molecule has 1 saturated carbocycles. The van der Waals surface area contributed by atoms with Crippen molar-refractivity contribution in [2.24, 2.45) is 5.92 Å². The third kappa shape index (κ3) is 8.04. The fourth-order valence-electron chi connectivity index (χ4n) is 9.05. The van der Waals surface area contributed by atoms with E-state index in [9.17, 15) is 29.1 Å². The number of alkyl carbamates (subject to hydrolysis) is 1. The van der Waals surface area contributed by atoms with Crippen molar-refractivity contribution in [3.05, 3.63) is 95.1 Å². The van der Waals surface area contributed by atoms with E-state index in [-0.39, 0.29) is 43.4 Å². The molecule has 4 N–H and O–H groups in total. The molecular weight excluding hydrogens is 699 g/mol. The first-order chi connectivity index (χ1) is 26.6. The van der Waals surface area contributed by atoms with Crippen molar-refractivity contribution in [2.45, 2.75) is 101 Å². The first-order valence-electron chi connectivity index (χ1n) is 19.7. The summed E-state index contributed by atoms with van der Waals surface area (Å²) in [7, 11) is 1.31. The lowest BCUT2D eigenvalue weighted by molar-refractivity contribution is -0.143. The van der Waals surface area contributed by atoms with Crippen LogP contribution in [0.25, 0.3) is 11.1 Å². The van der Waals surface area contributed by atoms with Gasteiger partial charge in [-0.05, 0) is 84.7 Å². The van der Waals surface area contributed by atoms with Gasteiger partial charge in [0.2, 0.25) is 17.7 Å². The number of rotatable bonds is 10. The predicted molar refractivity (Wildman–Crippen MR) is 206 cm³/mol. The maximum absolute atomic E-state index is 14.7. The van der Waals surface area contributed by atoms with E-state index >= 15 is 0 Å². The van der Waals surface area contributed by atoms with E-state index in [2.05, 4.69) is 46.3 Å². The maximum atomic E-state index is 14.7. The monoisotopic (exact) mass is 749 g/mol. The number of amides is 5. The Hall–Kier alpha value is -5.39. The number of ether oxygens (including phenoxy) is 1. The number of hydrogen-bond donors (Lipinski definition) is 4. The van der Waals surface area contributed by atoms with Crippen molar-refractivity contribution in [1.29, 1.82) is 0 Å². The van der Waals surface area contributed by atoms with E-state index in [1.165, 1.54) is 24.4 Å². The zero-order chi connectivity index (χ0) is 38.6. The van der Waals surface area contributed by atoms with Gasteiger partial charge in [0, 0.05) is 19.5 Å². The molecular formula is C43H51N5O7. The van der Waals surface area contributed by atoms with Gasteiger partial charge in [-0.1, -0.05) is 92.1 Å². The summed E-state index contributed by atoms with van der Waals surface area (Å²) in [4.78, 5) is 70.0. The number of likely N-dealkylation sites (N-methyl/N-ethyl adjacent to an activating group) is 1. The molecule has 2 unspecified atom stereocenters. The summed E-state index contributed by atoms with van der Waals surface area (Å²) in [5.74, 6) is -1.62. The summed E-state index contributed by atoms with van der Waals surface area (Å²) in [6.07, 6.45) is 5.12. The summed E-state index contributed by atoms with van der Waals surface area (Å²) in [5.41, 5.74) is 6.68. The van der Waals surface area contributed by atoms with Crippen LogP contribution in [0.4, 0.5) is 9.59 Å². The second kappa shape index (κ2) is 16.5. The Balaban J connectivity index is 1.10. The van der Waals surface area contributed by atoms with Gasteiger partial charge in [-0.2, -0.15) is 0 Å². The highest BCUT2D eigenvalue weighted by molar-refractivity contribution is 5.94. The third-order valence-electron chi connectivity index (χ3n) is 12.2. The summed E-state index contributed by atoms with van der Waals surface area (Å²) < 4.78 is 5.85. The van der Waals surface area contributed by atoms with Gasteiger partial charge < -0.3 is 30.7 Å². The first-order valence-corrected chi connectivity index (χ1v) is 19.7. The highest BCUT2D eigenvalue weighted by Crippen LogP contribution is 2.44. The third-order valence-corrected chi connectivity index (χ3v) is 12.2. The number of nitrogens with zero attached hydrogens (tertiary/aromatic N) is 2. The van der Waals surface area contributed by atoms with E-state index in [1.54, 1.807) is 0 Å². The van der Waals surface area contributed by atoms with Gasteiger partial charge in [0.15, 0.2) is 0 Å². The van der Waals surface area contributed by atoms with Gasteiger partial charge in [-0.25, -0.2) is 9.59 Å². The Morgan fingerprint density at radius 3 is 2.15 bits per heavy atom. The first kappa shape index (κ1) is 37.9. The number of carboxylic acid groups (broad SMARTS) is 1. The molecule has 7 rings (SSSR count). The van der Waals surface area contributed by atoms with E-state index < -0.39 is 48.2 Å². The Labute approximate surface area is 322 Å². The van der Waals surface area contributed by atoms with Crippen molar-refractivity contribution in [2.75, 3.05) is 20.2 Å². The van der Waals surface area contributed by atoms with Crippen LogP contribution in [0.1, 0.15) is 92.5 Å². The zero-order valence-corrected chi connectivity index (χ0v) is 31.5. The topological polar surface area (TPSA) is 157 Å². The summed E-state index contributed by atoms with van der Waals surface area (Å²) in [6, 6.07) is 20.5. The highest BCUT2D eigenvalue weighted by Gasteiger charge is 2.45. The molecule has 1 heterocycles. The fourth-order valence-corrected chi connectivity index (χ4v) is 9.05. The minimum atomic E-state index is -1.26. The average molecular weight is 750 g/mol. The van der Waals surface area contributed by atoms with Crippen molar-refractivity contribution in [3.8, 4) is 11.1 Å². The van der Waals surface area contributed by atoms with Crippen LogP contribution in [-0.4, -0.2) is 89.2 Å². The van der Waals surface area contributed by atoms with E-state index in [1.807, 2.05) is 42.5 Å². The lowest BCUT2D eigenvalue weighted by Crippen LogP contribution is -2.59. The van der Waals surface area contributed by atoms with E-state index in [0.717, 1.165) is 71.2 Å². The molecule has 2 fully saturated rings. The Bertz CT molecular complexity index is 1880. The van der Waals surface area contributed by atoms with Crippen LogP contribution >= 0.6 is 0 Å². The van der Waals surface area contributed by atoms with Crippen LogP contribution in [0.2, 0.25) is 0 Å². The molecule has 3 aromatic carbocycles. The number of carbonyl (C=O) groups excluding carboxylic acids is 4. The minimum Gasteiger partial charge on any atom is -0.465 e. The number of fused-ring (bicyclic) bond motifs is 4. The number of likely N-dealkylation sites (tertiary alicyclic amines) is 1. The predicted octanol–water partition coefficient (Wildman–Crippen LogP) is 5.75. The Kier molecular flexibility index (Phi) is 11.4. The zero-order valence-electron chi connectivity index (χ0n) is 31.5. The molecule has 5 amide bonds. The largest absolute Gasteiger partial charge is 0.465 e. The van der Waals surface area contributed by atoms with Gasteiger partial charge in [0.25, 0.3) is 0 Å². The molecule has 12 heteroatoms. The molecule has 0 radical (unpaired) electrons. The molecule has 0 aromatic heterocycles. The second-order valence-electron chi connectivity index (χ2n) is 15.5. The molecule has 5 atom stereocenters. The van der Waals surface area contributed by atoms with Crippen LogP contribution < -0.4 is 16.0 Å². The van der Waals surface area contributed by atoms with Crippen molar-refractivity contribution < 1.29 is 33.8 Å². The van der Waals surface area contributed by atoms with Gasteiger partial charge in [-0.3, -0.25) is 19.3 Å². The molecule has 0 bridgehead atoms. The lowest BCUT2D eigenvalue weighted by atomic mass is 9.83. The van der Waals surface area contributed by atoms with Crippen LogP contribution in [0.3, 0.4) is 0 Å². The Morgan fingerprint density at radius 1 is 0.836 bits per heavy atom. The van der Waals surface area contributed by atoms with Crippen LogP contribution in [0, 0.1) is 5.92 Å². The molecule has 12 nitrogen and oxygen atoms in total. The van der Waals surface area contributed by atoms with Crippen LogP contribution in [0.15, 0.2) is 72.8 Å². The van der Waals surface area contributed by atoms with Gasteiger partial charge in [0.1, 0.15) is 24.7 Å². The summed E-state index contributed by atoms with van der Waals surface area (Å²) in [5, 5.41) is 18.6. The lowest BCUT2D eigenvalue weighted by Gasteiger charge is -2.36. The molecule has 4 aliphatic rings. The average Bonchev–Trinajstić information content (AvgIpc) is 3.77. The van der Waals surface area contributed by atoms with Gasteiger partial charge in [-0.15, -0.1) is 0 Å². The van der Waals surface area contributed by atoms with Crippen molar-refractivity contribution in [3.63, 3.8) is 0 Å². The quantitative estimate of drug-likeness (QED) is 0.206. The summed E-state index contributed by atoms with van der Waals surface area (Å²) in [6.45, 7) is 1.65. The molecule has 1 saturated heterocycles. The summed E-state index contributed by atoms with van der Waals surface area (Å²) >= 11 is 0. The minimum absolute atomic E-state index is 0.0477. The van der Waals surface area contributed by atoms with Crippen LogP contribution in [-0.2, 0) is 25.5 Å².